The van der Waals surface area contributed by atoms with Crippen LogP contribution in [0.15, 0.2) is 17.5 Å². The molecular formula is C14H14N2O4S. The minimum absolute atomic E-state index is 0.00694. The predicted molar refractivity (Wildman–Crippen MR) is 75.8 cm³/mol. The van der Waals surface area contributed by atoms with Crippen LogP contribution >= 0.6 is 11.3 Å². The lowest BCUT2D eigenvalue weighted by Gasteiger charge is -2.22. The molecule has 2 aromatic heterocycles. The van der Waals surface area contributed by atoms with Gasteiger partial charge in [-0.3, -0.25) is 4.79 Å². The molecule has 0 aliphatic carbocycles. The van der Waals surface area contributed by atoms with Crippen LogP contribution in [0.2, 0.25) is 0 Å². The van der Waals surface area contributed by atoms with Crippen LogP contribution in [-0.2, 0) is 24.2 Å². The molecule has 1 aliphatic heterocycles. The summed E-state index contributed by atoms with van der Waals surface area (Å²) in [5, 5.41) is 20.4. The highest BCUT2D eigenvalue weighted by molar-refractivity contribution is 7.09. The Morgan fingerprint density at radius 3 is 2.86 bits per heavy atom. The van der Waals surface area contributed by atoms with E-state index in [4.69, 9.17) is 5.11 Å². The molecule has 7 heteroatoms. The number of fused-ring (bicyclic) bond motifs is 1. The standard InChI is InChI=1S/C14H14N2O4S/c17-13(18)8-3-4-16-10(6-8)12(14(19)20)15-11(16)7-9-2-1-5-21-9/h1-2,5,8H,3-4,6-7H2,(H,17,18)(H,19,20). The van der Waals surface area contributed by atoms with Gasteiger partial charge in [0.05, 0.1) is 11.6 Å². The highest BCUT2D eigenvalue weighted by Gasteiger charge is 2.31. The molecule has 1 aliphatic rings. The van der Waals surface area contributed by atoms with Crippen molar-refractivity contribution < 1.29 is 19.8 Å². The minimum Gasteiger partial charge on any atom is -0.481 e. The SMILES string of the molecule is O=C(O)c1nc(Cc2cccs2)n2c1CC(C(=O)O)CC2. The number of carboxylic acids is 2. The lowest BCUT2D eigenvalue weighted by atomic mass is 9.95. The topological polar surface area (TPSA) is 92.4 Å². The average Bonchev–Trinajstić information content (AvgIpc) is 3.07. The van der Waals surface area contributed by atoms with Gasteiger partial charge in [0, 0.05) is 24.3 Å². The van der Waals surface area contributed by atoms with Gasteiger partial charge >= 0.3 is 11.9 Å². The second-order valence-corrected chi connectivity index (χ2v) is 6.10. The Morgan fingerprint density at radius 1 is 1.43 bits per heavy atom. The summed E-state index contributed by atoms with van der Waals surface area (Å²) >= 11 is 1.60. The summed E-state index contributed by atoms with van der Waals surface area (Å²) in [7, 11) is 0. The monoisotopic (exact) mass is 306 g/mol. The van der Waals surface area contributed by atoms with E-state index in [1.165, 1.54) is 0 Å². The van der Waals surface area contributed by atoms with E-state index in [0.717, 1.165) is 4.88 Å². The van der Waals surface area contributed by atoms with Crippen molar-refractivity contribution in [1.82, 2.24) is 9.55 Å². The Kier molecular flexibility index (Phi) is 3.50. The molecule has 0 radical (unpaired) electrons. The average molecular weight is 306 g/mol. The number of hydrogen-bond donors (Lipinski definition) is 2. The van der Waals surface area contributed by atoms with Gasteiger partial charge in [-0.1, -0.05) is 6.07 Å². The number of aromatic nitrogens is 2. The first-order valence-electron chi connectivity index (χ1n) is 6.63. The Hall–Kier alpha value is -2.15. The summed E-state index contributed by atoms with van der Waals surface area (Å²) in [6.45, 7) is 0.507. The first-order chi connectivity index (χ1) is 10.1. The van der Waals surface area contributed by atoms with E-state index in [0.29, 0.717) is 30.9 Å². The summed E-state index contributed by atoms with van der Waals surface area (Å²) in [5.41, 5.74) is 0.528. The molecule has 1 unspecified atom stereocenters. The molecule has 0 amide bonds. The molecule has 0 saturated heterocycles. The zero-order valence-electron chi connectivity index (χ0n) is 11.2. The molecule has 0 fully saturated rings. The van der Waals surface area contributed by atoms with Gasteiger partial charge in [-0.05, 0) is 17.9 Å². The molecule has 3 heterocycles. The maximum absolute atomic E-state index is 11.3. The highest BCUT2D eigenvalue weighted by Crippen LogP contribution is 2.27. The number of carboxylic acid groups (broad SMARTS) is 2. The van der Waals surface area contributed by atoms with Crippen LogP contribution in [0.1, 0.15) is 33.3 Å². The van der Waals surface area contributed by atoms with E-state index < -0.39 is 17.9 Å². The number of nitrogens with zero attached hydrogens (tertiary/aromatic N) is 2. The van der Waals surface area contributed by atoms with E-state index in [9.17, 15) is 14.7 Å². The Labute approximate surface area is 124 Å². The third-order valence-corrected chi connectivity index (χ3v) is 4.63. The summed E-state index contributed by atoms with van der Waals surface area (Å²) in [6, 6.07) is 3.92. The number of aromatic carboxylic acids is 1. The molecule has 6 nitrogen and oxygen atoms in total. The van der Waals surface area contributed by atoms with E-state index in [1.807, 2.05) is 22.1 Å². The maximum Gasteiger partial charge on any atom is 0.356 e. The Morgan fingerprint density at radius 2 is 2.24 bits per heavy atom. The number of aliphatic carboxylic acids is 1. The fourth-order valence-electron chi connectivity index (χ4n) is 2.71. The predicted octanol–water partition coefficient (Wildman–Crippen LogP) is 1.88. The Balaban J connectivity index is 1.98. The van der Waals surface area contributed by atoms with E-state index in [1.54, 1.807) is 11.3 Å². The van der Waals surface area contributed by atoms with Crippen LogP contribution in [0, 0.1) is 5.92 Å². The summed E-state index contributed by atoms with van der Waals surface area (Å²) in [5.74, 6) is -1.80. The molecule has 110 valence electrons. The lowest BCUT2D eigenvalue weighted by molar-refractivity contribution is -0.142. The first-order valence-corrected chi connectivity index (χ1v) is 7.51. The molecule has 0 bridgehead atoms. The van der Waals surface area contributed by atoms with Gasteiger partial charge < -0.3 is 14.8 Å². The largest absolute Gasteiger partial charge is 0.481 e. The highest BCUT2D eigenvalue weighted by atomic mass is 32.1. The van der Waals surface area contributed by atoms with Crippen molar-refractivity contribution in [3.8, 4) is 0 Å². The molecule has 1 atom stereocenters. The van der Waals surface area contributed by atoms with E-state index >= 15 is 0 Å². The molecule has 3 rings (SSSR count). The van der Waals surface area contributed by atoms with Gasteiger partial charge in [0.2, 0.25) is 0 Å². The molecule has 21 heavy (non-hydrogen) atoms. The van der Waals surface area contributed by atoms with Crippen molar-refractivity contribution in [3.63, 3.8) is 0 Å². The van der Waals surface area contributed by atoms with Gasteiger partial charge in [0.25, 0.3) is 0 Å². The van der Waals surface area contributed by atoms with Crippen LogP contribution < -0.4 is 0 Å². The van der Waals surface area contributed by atoms with E-state index in [-0.39, 0.29) is 12.1 Å². The summed E-state index contributed by atoms with van der Waals surface area (Å²) < 4.78 is 1.88. The lowest BCUT2D eigenvalue weighted by Crippen LogP contribution is -2.27. The quantitative estimate of drug-likeness (QED) is 0.899. The second kappa shape index (κ2) is 5.33. The fraction of sp³-hybridized carbons (Fsp3) is 0.357. The molecule has 0 spiro atoms. The Bertz CT molecular complexity index is 690. The number of carbonyl (C=O) groups is 2. The van der Waals surface area contributed by atoms with Crippen LogP contribution in [0.4, 0.5) is 0 Å². The van der Waals surface area contributed by atoms with Crippen molar-refractivity contribution in [2.45, 2.75) is 25.8 Å². The number of thiophene rings is 1. The molecule has 2 aromatic rings. The number of imidazole rings is 1. The minimum atomic E-state index is -1.10. The van der Waals surface area contributed by atoms with Gasteiger partial charge in [0.15, 0.2) is 5.69 Å². The third kappa shape index (κ3) is 2.56. The number of hydrogen-bond acceptors (Lipinski definition) is 4. The van der Waals surface area contributed by atoms with Crippen molar-refractivity contribution >= 4 is 23.3 Å². The molecular weight excluding hydrogens is 292 g/mol. The third-order valence-electron chi connectivity index (χ3n) is 3.76. The van der Waals surface area contributed by atoms with Crippen LogP contribution in [0.5, 0.6) is 0 Å². The molecule has 2 N–H and O–H groups in total. The van der Waals surface area contributed by atoms with Gasteiger partial charge in [-0.2, -0.15) is 0 Å². The maximum atomic E-state index is 11.3. The second-order valence-electron chi connectivity index (χ2n) is 5.06. The summed E-state index contributed by atoms with van der Waals surface area (Å²) in [4.78, 5) is 27.8. The van der Waals surface area contributed by atoms with Gasteiger partial charge in [-0.15, -0.1) is 11.3 Å². The van der Waals surface area contributed by atoms with Gasteiger partial charge in [-0.25, -0.2) is 9.78 Å². The molecule has 0 aromatic carbocycles. The van der Waals surface area contributed by atoms with Crippen molar-refractivity contribution in [3.05, 3.63) is 39.6 Å². The van der Waals surface area contributed by atoms with Crippen LogP contribution in [0.3, 0.4) is 0 Å². The zero-order valence-corrected chi connectivity index (χ0v) is 12.0. The van der Waals surface area contributed by atoms with E-state index in [2.05, 4.69) is 4.98 Å². The fourth-order valence-corrected chi connectivity index (χ4v) is 3.42. The van der Waals surface area contributed by atoms with Crippen molar-refractivity contribution in [1.29, 1.82) is 0 Å². The summed E-state index contributed by atoms with van der Waals surface area (Å²) in [6.07, 6.45) is 1.32. The normalized spacial score (nSPS) is 17.4. The smallest absolute Gasteiger partial charge is 0.356 e. The van der Waals surface area contributed by atoms with Gasteiger partial charge in [0.1, 0.15) is 5.82 Å². The first kappa shape index (κ1) is 13.8. The van der Waals surface area contributed by atoms with Crippen LogP contribution in [0.25, 0.3) is 0 Å². The van der Waals surface area contributed by atoms with Crippen molar-refractivity contribution in [2.24, 2.45) is 5.92 Å². The zero-order chi connectivity index (χ0) is 15.0. The van der Waals surface area contributed by atoms with Crippen LogP contribution in [-0.4, -0.2) is 31.7 Å². The van der Waals surface area contributed by atoms with Crippen molar-refractivity contribution in [2.75, 3.05) is 0 Å². The number of rotatable bonds is 4. The molecule has 0 saturated carbocycles.